The zero-order valence-corrected chi connectivity index (χ0v) is 35.4. The Labute approximate surface area is 321 Å². The van der Waals surface area contributed by atoms with Gasteiger partial charge in [-0.15, -0.1) is 0 Å². The first-order valence-corrected chi connectivity index (χ1v) is 21.1. The van der Waals surface area contributed by atoms with Gasteiger partial charge in [0.15, 0.2) is 0 Å². The molecule has 3 amide bonds. The van der Waals surface area contributed by atoms with E-state index in [2.05, 4.69) is 57.2 Å². The molecule has 2 heterocycles. The minimum atomic E-state index is -2.52. The number of carbonyl (C=O) groups excluding carboxylic acids is 3. The lowest BCUT2D eigenvalue weighted by atomic mass is 9.97. The molecular formula is C41H61FN4O7Si. The van der Waals surface area contributed by atoms with Crippen molar-refractivity contribution < 1.29 is 37.4 Å². The van der Waals surface area contributed by atoms with Crippen molar-refractivity contribution in [3.05, 3.63) is 53.5 Å². The molecule has 1 unspecified atom stereocenters. The SMILES string of the molecule is COc1ccc2c(c1)CN(C[C@H](CC(CNC(=O)OC(C)(C)C)O[Si](C(C)C)(C(C)C)C(C)C)NC(=O)OC(C)(C)C)C(=O)c1[nH]c3ccc(F)cc3c1-2. The van der Waals surface area contributed by atoms with Gasteiger partial charge in [0.1, 0.15) is 28.5 Å². The fraction of sp³-hybridized carbons (Fsp3) is 0.585. The van der Waals surface area contributed by atoms with Gasteiger partial charge < -0.3 is 39.2 Å². The summed E-state index contributed by atoms with van der Waals surface area (Å²) in [5, 5.41) is 6.56. The third-order valence-electron chi connectivity index (χ3n) is 9.86. The number of fused-ring (bicyclic) bond motifs is 5. The summed E-state index contributed by atoms with van der Waals surface area (Å²) in [7, 11) is -0.945. The Hall–Kier alpha value is -4.10. The molecule has 0 fully saturated rings. The van der Waals surface area contributed by atoms with E-state index in [-0.39, 0.29) is 48.6 Å². The van der Waals surface area contributed by atoms with E-state index in [0.717, 1.165) is 11.1 Å². The molecule has 2 aromatic carbocycles. The van der Waals surface area contributed by atoms with E-state index in [1.807, 2.05) is 18.2 Å². The number of ether oxygens (including phenoxy) is 3. The van der Waals surface area contributed by atoms with Crippen molar-refractivity contribution in [1.29, 1.82) is 0 Å². The topological polar surface area (TPSA) is 131 Å². The molecular weight excluding hydrogens is 708 g/mol. The van der Waals surface area contributed by atoms with Crippen LogP contribution in [-0.4, -0.2) is 79.8 Å². The summed E-state index contributed by atoms with van der Waals surface area (Å²) in [6, 6.07) is 9.33. The summed E-state index contributed by atoms with van der Waals surface area (Å²) in [5.41, 5.74) is 2.37. The average molecular weight is 769 g/mol. The molecule has 3 N–H and O–H groups in total. The van der Waals surface area contributed by atoms with Gasteiger partial charge in [0.25, 0.3) is 5.91 Å². The molecule has 0 saturated heterocycles. The molecule has 4 rings (SSSR count). The molecule has 0 spiro atoms. The van der Waals surface area contributed by atoms with Crippen LogP contribution in [0, 0.1) is 5.82 Å². The molecule has 0 radical (unpaired) electrons. The van der Waals surface area contributed by atoms with E-state index >= 15 is 0 Å². The van der Waals surface area contributed by atoms with Crippen molar-refractivity contribution in [3.8, 4) is 16.9 Å². The molecule has 3 aromatic rings. The summed E-state index contributed by atoms with van der Waals surface area (Å²) < 4.78 is 38.8. The van der Waals surface area contributed by atoms with Gasteiger partial charge in [-0.3, -0.25) is 4.79 Å². The maximum Gasteiger partial charge on any atom is 0.407 e. The highest BCUT2D eigenvalue weighted by molar-refractivity contribution is 6.77. The summed E-state index contributed by atoms with van der Waals surface area (Å²) in [5.74, 6) is -0.116. The monoisotopic (exact) mass is 768 g/mol. The van der Waals surface area contributed by atoms with E-state index in [1.54, 1.807) is 59.6 Å². The molecule has 54 heavy (non-hydrogen) atoms. The van der Waals surface area contributed by atoms with Crippen LogP contribution in [0.25, 0.3) is 22.0 Å². The fourth-order valence-corrected chi connectivity index (χ4v) is 13.5. The predicted octanol–water partition coefficient (Wildman–Crippen LogP) is 9.31. The van der Waals surface area contributed by atoms with Crippen molar-refractivity contribution >= 4 is 37.3 Å². The number of methoxy groups -OCH3 is 1. The molecule has 1 aromatic heterocycles. The van der Waals surface area contributed by atoms with Crippen LogP contribution in [0.5, 0.6) is 5.75 Å². The Morgan fingerprint density at radius 2 is 1.52 bits per heavy atom. The molecule has 1 aliphatic heterocycles. The molecule has 0 bridgehead atoms. The summed E-state index contributed by atoms with van der Waals surface area (Å²) in [6.45, 7) is 24.3. The normalized spacial score (nSPS) is 14.8. The van der Waals surface area contributed by atoms with E-state index in [0.29, 0.717) is 27.9 Å². The van der Waals surface area contributed by atoms with Gasteiger partial charge in [-0.1, -0.05) is 47.6 Å². The number of halogens is 1. The molecule has 13 heteroatoms. The number of nitrogens with zero attached hydrogens (tertiary/aromatic N) is 1. The Morgan fingerprint density at radius 1 is 0.907 bits per heavy atom. The number of aromatic nitrogens is 1. The van der Waals surface area contributed by atoms with Crippen LogP contribution in [-0.2, 0) is 20.4 Å². The molecule has 0 aliphatic carbocycles. The molecule has 2 atom stereocenters. The number of H-pyrrole nitrogens is 1. The summed E-state index contributed by atoms with van der Waals surface area (Å²) in [6.07, 6.45) is -1.53. The third kappa shape index (κ3) is 10.1. The van der Waals surface area contributed by atoms with E-state index in [1.165, 1.54) is 12.1 Å². The maximum absolute atomic E-state index is 14.6. The highest BCUT2D eigenvalue weighted by Gasteiger charge is 2.47. The van der Waals surface area contributed by atoms with Gasteiger partial charge in [0, 0.05) is 36.1 Å². The Balaban J connectivity index is 1.80. The number of rotatable bonds is 13. The van der Waals surface area contributed by atoms with Gasteiger partial charge in [0.2, 0.25) is 8.32 Å². The fourth-order valence-electron chi connectivity index (χ4n) is 7.88. The van der Waals surface area contributed by atoms with Crippen LogP contribution < -0.4 is 15.4 Å². The zero-order valence-electron chi connectivity index (χ0n) is 34.4. The quantitative estimate of drug-likeness (QED) is 0.148. The van der Waals surface area contributed by atoms with Gasteiger partial charge >= 0.3 is 12.2 Å². The Morgan fingerprint density at radius 3 is 2.09 bits per heavy atom. The standard InChI is InChI=1S/C41H61FN4O7Si/c1-24(2)54(25(3)4,26(5)6)53-31(21-43-38(48)51-40(7,8)9)20-29(44-39(49)52-41(10,11)12)23-46-22-27-18-30(50-13)15-16-32(27)35-33-19-28(42)14-17-34(33)45-36(35)37(46)47/h14-19,24-26,29,31,45H,20-23H2,1-13H3,(H,43,48)(H,44,49)/t29-,31?/m0/s1. The van der Waals surface area contributed by atoms with Crippen LogP contribution in [0.1, 0.15) is 106 Å². The van der Waals surface area contributed by atoms with Crippen LogP contribution in [0.2, 0.25) is 16.6 Å². The Kier molecular flexibility index (Phi) is 13.2. The van der Waals surface area contributed by atoms with Crippen molar-refractivity contribution in [2.24, 2.45) is 0 Å². The lowest BCUT2D eigenvalue weighted by Gasteiger charge is -2.45. The molecule has 11 nitrogen and oxygen atoms in total. The average Bonchev–Trinajstić information content (AvgIpc) is 3.36. The van der Waals surface area contributed by atoms with Crippen LogP contribution >= 0.6 is 0 Å². The predicted molar refractivity (Wildman–Crippen MR) is 213 cm³/mol. The van der Waals surface area contributed by atoms with Crippen molar-refractivity contribution in [3.63, 3.8) is 0 Å². The number of aromatic amines is 1. The second-order valence-corrected chi connectivity index (χ2v) is 22.7. The number of carbonyl (C=O) groups is 3. The second-order valence-electron chi connectivity index (χ2n) is 17.3. The number of hydrogen-bond acceptors (Lipinski definition) is 7. The second kappa shape index (κ2) is 16.7. The van der Waals surface area contributed by atoms with Crippen LogP contribution in [0.3, 0.4) is 0 Å². The van der Waals surface area contributed by atoms with Gasteiger partial charge in [-0.25, -0.2) is 14.0 Å². The van der Waals surface area contributed by atoms with E-state index in [9.17, 15) is 18.8 Å². The molecule has 1 aliphatic rings. The molecule has 298 valence electrons. The van der Waals surface area contributed by atoms with Crippen molar-refractivity contribution in [1.82, 2.24) is 20.5 Å². The lowest BCUT2D eigenvalue weighted by Crippen LogP contribution is -2.55. The lowest BCUT2D eigenvalue weighted by molar-refractivity contribution is 0.0417. The molecule has 0 saturated carbocycles. The third-order valence-corrected chi connectivity index (χ3v) is 16.0. The van der Waals surface area contributed by atoms with Crippen molar-refractivity contribution in [2.75, 3.05) is 20.2 Å². The van der Waals surface area contributed by atoms with Crippen LogP contribution in [0.4, 0.5) is 14.0 Å². The van der Waals surface area contributed by atoms with Gasteiger partial charge in [-0.2, -0.15) is 0 Å². The smallest absolute Gasteiger partial charge is 0.407 e. The van der Waals surface area contributed by atoms with Crippen LogP contribution in [0.15, 0.2) is 36.4 Å². The number of alkyl carbamates (subject to hydrolysis) is 2. The minimum Gasteiger partial charge on any atom is -0.497 e. The highest BCUT2D eigenvalue weighted by atomic mass is 28.4. The van der Waals surface area contributed by atoms with Gasteiger partial charge in [-0.05, 0) is 106 Å². The number of nitrogens with one attached hydrogen (secondary N) is 3. The van der Waals surface area contributed by atoms with Crippen molar-refractivity contribution in [2.45, 2.75) is 136 Å². The zero-order chi connectivity index (χ0) is 40.3. The van der Waals surface area contributed by atoms with Gasteiger partial charge in [0.05, 0.1) is 19.3 Å². The first kappa shape index (κ1) is 42.6. The van der Waals surface area contributed by atoms with E-state index < -0.39 is 49.7 Å². The number of hydrogen-bond donors (Lipinski definition) is 3. The first-order chi connectivity index (χ1) is 25.0. The highest BCUT2D eigenvalue weighted by Crippen LogP contribution is 2.44. The first-order valence-electron chi connectivity index (χ1n) is 19.0. The summed E-state index contributed by atoms with van der Waals surface area (Å²) >= 11 is 0. The largest absolute Gasteiger partial charge is 0.497 e. The summed E-state index contributed by atoms with van der Waals surface area (Å²) in [4.78, 5) is 46.0. The number of benzene rings is 2. The van der Waals surface area contributed by atoms with E-state index in [4.69, 9.17) is 18.6 Å². The Bertz CT molecular complexity index is 1790. The minimum absolute atomic E-state index is 0.0732. The maximum atomic E-state index is 14.6. The number of amides is 3.